The first kappa shape index (κ1) is 16.5. The van der Waals surface area contributed by atoms with Crippen LogP contribution in [0.2, 0.25) is 10.3 Å². The molecule has 0 saturated carbocycles. The lowest BCUT2D eigenvalue weighted by Crippen LogP contribution is -2.17. The van der Waals surface area contributed by atoms with Crippen LogP contribution in [0.3, 0.4) is 0 Å². The molecule has 1 saturated heterocycles. The smallest absolute Gasteiger partial charge is 0.263 e. The van der Waals surface area contributed by atoms with Crippen molar-refractivity contribution < 1.29 is 9.21 Å². The molecule has 124 valence electrons. The van der Waals surface area contributed by atoms with Crippen LogP contribution < -0.4 is 5.32 Å². The Morgan fingerprint density at radius 3 is 2.64 bits per heavy atom. The summed E-state index contributed by atoms with van der Waals surface area (Å²) in [6.45, 7) is 0. The fourth-order valence-electron chi connectivity index (χ4n) is 2.43. The highest BCUT2D eigenvalue weighted by atomic mass is 35.5. The third-order valence-corrected chi connectivity index (χ3v) is 4.98. The number of nitrogens with zero attached hydrogens (tertiary/aromatic N) is 2. The second-order valence-electron chi connectivity index (χ2n) is 5.11. The molecule has 1 amide bonds. The van der Waals surface area contributed by atoms with Gasteiger partial charge in [0.05, 0.1) is 4.91 Å². The second-order valence-corrected chi connectivity index (χ2v) is 7.60. The van der Waals surface area contributed by atoms with Gasteiger partial charge in [0, 0.05) is 29.4 Å². The normalized spacial score (nSPS) is 16.0. The summed E-state index contributed by atoms with van der Waals surface area (Å²) in [6.07, 6.45) is 4.99. The van der Waals surface area contributed by atoms with Crippen LogP contribution in [0, 0.1) is 0 Å². The number of pyridine rings is 2. The average molecular weight is 408 g/mol. The zero-order chi connectivity index (χ0) is 17.6. The summed E-state index contributed by atoms with van der Waals surface area (Å²) in [5.41, 5.74) is 2.09. The average Bonchev–Trinajstić information content (AvgIpc) is 3.08. The van der Waals surface area contributed by atoms with Gasteiger partial charge in [-0.2, -0.15) is 0 Å². The van der Waals surface area contributed by atoms with Crippen molar-refractivity contribution in [3.05, 3.63) is 51.6 Å². The number of carbonyl (C=O) groups excluding carboxylic acids is 1. The van der Waals surface area contributed by atoms with Crippen LogP contribution in [0.5, 0.6) is 0 Å². The number of thioether (sulfide) groups is 1. The zero-order valence-electron chi connectivity index (χ0n) is 12.2. The number of carbonyl (C=O) groups is 1. The molecule has 5 nitrogen and oxygen atoms in total. The molecule has 4 rings (SSSR count). The second kappa shape index (κ2) is 6.42. The molecule has 1 fully saturated rings. The Hall–Kier alpha value is -1.93. The van der Waals surface area contributed by atoms with Gasteiger partial charge in [0.2, 0.25) is 0 Å². The van der Waals surface area contributed by atoms with Crippen molar-refractivity contribution in [1.29, 1.82) is 0 Å². The fraction of sp³-hybridized carbons (Fsp3) is 0. The molecule has 3 aromatic heterocycles. The van der Waals surface area contributed by atoms with Gasteiger partial charge >= 0.3 is 0 Å². The highest BCUT2D eigenvalue weighted by Crippen LogP contribution is 2.34. The van der Waals surface area contributed by atoms with E-state index >= 15 is 0 Å². The molecule has 3 aromatic rings. The molecule has 1 aliphatic heterocycles. The lowest BCUT2D eigenvalue weighted by Gasteiger charge is -2.03. The van der Waals surface area contributed by atoms with E-state index in [1.165, 1.54) is 11.8 Å². The summed E-state index contributed by atoms with van der Waals surface area (Å²) >= 11 is 18.1. The predicted octanol–water partition coefficient (Wildman–Crippen LogP) is 4.69. The maximum atomic E-state index is 11.8. The quantitative estimate of drug-likeness (QED) is 0.377. The van der Waals surface area contributed by atoms with Crippen molar-refractivity contribution in [1.82, 2.24) is 15.3 Å². The lowest BCUT2D eigenvalue weighted by molar-refractivity contribution is -0.115. The number of amides is 1. The SMILES string of the molecule is O=C1NC(=S)S/C1=C/c1cc2cncc(-c3cc(Cl)nc(Cl)c3)c2o1. The van der Waals surface area contributed by atoms with Gasteiger partial charge < -0.3 is 9.73 Å². The molecular formula is C16H7Cl2N3O2S2. The molecule has 0 atom stereocenters. The molecule has 0 radical (unpaired) electrons. The van der Waals surface area contributed by atoms with Crippen molar-refractivity contribution in [3.63, 3.8) is 0 Å². The molecule has 0 unspecified atom stereocenters. The number of furan rings is 1. The van der Waals surface area contributed by atoms with E-state index in [0.29, 0.717) is 20.6 Å². The van der Waals surface area contributed by atoms with Crippen LogP contribution in [0.15, 0.2) is 39.9 Å². The molecule has 0 spiro atoms. The third-order valence-electron chi connectivity index (χ3n) is 3.43. The van der Waals surface area contributed by atoms with Crippen LogP contribution in [0.25, 0.3) is 28.2 Å². The summed E-state index contributed by atoms with van der Waals surface area (Å²) in [7, 11) is 0. The van der Waals surface area contributed by atoms with Crippen molar-refractivity contribution in [2.24, 2.45) is 0 Å². The number of fused-ring (bicyclic) bond motifs is 1. The number of thiocarbonyl (C=S) groups is 1. The van der Waals surface area contributed by atoms with E-state index in [0.717, 1.165) is 16.5 Å². The Bertz CT molecular complexity index is 1060. The summed E-state index contributed by atoms with van der Waals surface area (Å²) in [5.74, 6) is 0.291. The van der Waals surface area contributed by atoms with E-state index in [-0.39, 0.29) is 16.2 Å². The summed E-state index contributed by atoms with van der Waals surface area (Å²) in [4.78, 5) is 20.4. The first-order chi connectivity index (χ1) is 12.0. The summed E-state index contributed by atoms with van der Waals surface area (Å²) in [6, 6.07) is 5.17. The van der Waals surface area contributed by atoms with Crippen molar-refractivity contribution >= 4 is 74.5 Å². The van der Waals surface area contributed by atoms with Gasteiger partial charge in [-0.05, 0) is 23.8 Å². The molecule has 0 bridgehead atoms. The van der Waals surface area contributed by atoms with Crippen molar-refractivity contribution in [2.75, 3.05) is 0 Å². The van der Waals surface area contributed by atoms with Crippen molar-refractivity contribution in [2.45, 2.75) is 0 Å². The number of nitrogens with one attached hydrogen (secondary N) is 1. The number of aromatic nitrogens is 2. The third kappa shape index (κ3) is 3.28. The van der Waals surface area contributed by atoms with Gasteiger partial charge in [-0.15, -0.1) is 0 Å². The zero-order valence-corrected chi connectivity index (χ0v) is 15.4. The Morgan fingerprint density at radius 2 is 1.96 bits per heavy atom. The molecule has 25 heavy (non-hydrogen) atoms. The van der Waals surface area contributed by atoms with Crippen LogP contribution in [0.1, 0.15) is 5.76 Å². The highest BCUT2D eigenvalue weighted by molar-refractivity contribution is 8.26. The van der Waals surface area contributed by atoms with E-state index < -0.39 is 0 Å². The topological polar surface area (TPSA) is 68.0 Å². The largest absolute Gasteiger partial charge is 0.456 e. The van der Waals surface area contributed by atoms with Gasteiger partial charge in [0.1, 0.15) is 26.0 Å². The molecule has 4 heterocycles. The van der Waals surface area contributed by atoms with E-state index in [1.807, 2.05) is 0 Å². The van der Waals surface area contributed by atoms with Crippen LogP contribution in [-0.4, -0.2) is 20.2 Å². The van der Waals surface area contributed by atoms with Gasteiger partial charge in [-0.25, -0.2) is 4.98 Å². The minimum atomic E-state index is -0.235. The van der Waals surface area contributed by atoms with Gasteiger partial charge in [-0.1, -0.05) is 47.2 Å². The Labute approximate surface area is 161 Å². The molecule has 0 aromatic carbocycles. The van der Waals surface area contributed by atoms with Gasteiger partial charge in [0.15, 0.2) is 0 Å². The molecule has 1 N–H and O–H groups in total. The fourth-order valence-corrected chi connectivity index (χ4v) is 3.91. The van der Waals surface area contributed by atoms with Gasteiger partial charge in [0.25, 0.3) is 5.91 Å². The van der Waals surface area contributed by atoms with Crippen LogP contribution in [0.4, 0.5) is 0 Å². The van der Waals surface area contributed by atoms with E-state index in [4.69, 9.17) is 39.8 Å². The Morgan fingerprint density at radius 1 is 1.20 bits per heavy atom. The molecular weight excluding hydrogens is 401 g/mol. The number of hydrogen-bond donors (Lipinski definition) is 1. The molecule has 9 heteroatoms. The monoisotopic (exact) mass is 407 g/mol. The number of rotatable bonds is 2. The summed E-state index contributed by atoms with van der Waals surface area (Å²) < 4.78 is 6.35. The van der Waals surface area contributed by atoms with E-state index in [1.54, 1.807) is 36.7 Å². The number of halogens is 2. The van der Waals surface area contributed by atoms with Crippen LogP contribution in [-0.2, 0) is 4.79 Å². The maximum absolute atomic E-state index is 11.8. The molecule has 0 aliphatic carbocycles. The first-order valence-corrected chi connectivity index (χ1v) is 8.93. The van der Waals surface area contributed by atoms with E-state index in [9.17, 15) is 4.79 Å². The number of hydrogen-bond acceptors (Lipinski definition) is 6. The first-order valence-electron chi connectivity index (χ1n) is 6.95. The Kier molecular flexibility index (Phi) is 4.24. The van der Waals surface area contributed by atoms with Crippen LogP contribution >= 0.6 is 47.2 Å². The van der Waals surface area contributed by atoms with E-state index in [2.05, 4.69) is 15.3 Å². The Balaban J connectivity index is 1.83. The van der Waals surface area contributed by atoms with Crippen molar-refractivity contribution in [3.8, 4) is 11.1 Å². The maximum Gasteiger partial charge on any atom is 0.263 e. The minimum Gasteiger partial charge on any atom is -0.456 e. The predicted molar refractivity (Wildman–Crippen MR) is 104 cm³/mol. The lowest BCUT2D eigenvalue weighted by atomic mass is 10.1. The van der Waals surface area contributed by atoms with Gasteiger partial charge in [-0.3, -0.25) is 9.78 Å². The standard InChI is InChI=1S/C16H7Cl2N3O2S2/c17-12-2-7(3-13(18)20-12)10-6-19-5-8-1-9(23-14(8)10)4-11-15(22)21-16(24)25-11/h1-6H,(H,21,22,24)/b11-4+. The highest BCUT2D eigenvalue weighted by Gasteiger charge is 2.23. The molecule has 1 aliphatic rings. The summed E-state index contributed by atoms with van der Waals surface area (Å²) in [5, 5.41) is 3.92. The minimum absolute atomic E-state index is 0.235.